The highest BCUT2D eigenvalue weighted by Gasteiger charge is 2.31. The summed E-state index contributed by atoms with van der Waals surface area (Å²) in [5.41, 5.74) is -1.38. The molecular formula is C23H20F3NO6. The van der Waals surface area contributed by atoms with Gasteiger partial charge < -0.3 is 24.6 Å². The van der Waals surface area contributed by atoms with Crippen LogP contribution < -0.4 is 10.1 Å². The number of esters is 1. The van der Waals surface area contributed by atoms with E-state index in [1.54, 1.807) is 30.3 Å². The Hall–Kier alpha value is -3.79. The lowest BCUT2D eigenvalue weighted by Crippen LogP contribution is -2.22. The number of amides is 1. The van der Waals surface area contributed by atoms with Crippen molar-refractivity contribution in [2.75, 3.05) is 32.2 Å². The van der Waals surface area contributed by atoms with Crippen molar-refractivity contribution in [2.45, 2.75) is 6.18 Å². The molecule has 3 rings (SSSR count). The molecule has 0 unspecified atom stereocenters. The summed E-state index contributed by atoms with van der Waals surface area (Å²) < 4.78 is 54.3. The third-order valence-corrected chi connectivity index (χ3v) is 4.58. The molecule has 33 heavy (non-hydrogen) atoms. The number of carbonyl (C=O) groups is 2. The summed E-state index contributed by atoms with van der Waals surface area (Å²) in [6.07, 6.45) is -4.63. The molecule has 2 N–H and O–H groups in total. The number of ether oxygens (including phenoxy) is 3. The molecule has 0 heterocycles. The summed E-state index contributed by atoms with van der Waals surface area (Å²) in [7, 11) is 1.43. The highest BCUT2D eigenvalue weighted by molar-refractivity contribution is 6.02. The van der Waals surface area contributed by atoms with E-state index in [-0.39, 0.29) is 36.0 Å². The maximum Gasteiger partial charge on any atom is 0.416 e. The van der Waals surface area contributed by atoms with Crippen molar-refractivity contribution < 1.29 is 42.1 Å². The number of methoxy groups -OCH3 is 1. The molecule has 174 valence electrons. The van der Waals surface area contributed by atoms with Crippen molar-refractivity contribution in [3.05, 3.63) is 65.7 Å². The lowest BCUT2D eigenvalue weighted by molar-refractivity contribution is -0.137. The van der Waals surface area contributed by atoms with E-state index < -0.39 is 30.2 Å². The molecule has 0 radical (unpaired) electrons. The van der Waals surface area contributed by atoms with Crippen molar-refractivity contribution in [3.8, 4) is 11.5 Å². The minimum atomic E-state index is -4.63. The molecule has 0 aliphatic heterocycles. The summed E-state index contributed by atoms with van der Waals surface area (Å²) in [5, 5.41) is 13.7. The van der Waals surface area contributed by atoms with E-state index in [4.69, 9.17) is 14.2 Å². The molecule has 7 nitrogen and oxygen atoms in total. The highest BCUT2D eigenvalue weighted by Crippen LogP contribution is 2.35. The minimum Gasteiger partial charge on any atom is -0.506 e. The first-order valence-electron chi connectivity index (χ1n) is 9.71. The number of carbonyl (C=O) groups excluding carboxylic acids is 2. The molecule has 0 saturated carbocycles. The van der Waals surface area contributed by atoms with E-state index in [0.717, 1.165) is 18.2 Å². The normalized spacial score (nSPS) is 11.3. The molecule has 0 fully saturated rings. The first-order chi connectivity index (χ1) is 15.7. The Labute approximate surface area is 186 Å². The van der Waals surface area contributed by atoms with Gasteiger partial charge in [0.15, 0.2) is 6.61 Å². The van der Waals surface area contributed by atoms with E-state index in [2.05, 4.69) is 5.32 Å². The van der Waals surface area contributed by atoms with Crippen molar-refractivity contribution in [1.29, 1.82) is 0 Å². The van der Waals surface area contributed by atoms with E-state index in [1.165, 1.54) is 13.2 Å². The van der Waals surface area contributed by atoms with Gasteiger partial charge in [-0.15, -0.1) is 0 Å². The van der Waals surface area contributed by atoms with Crippen LogP contribution in [-0.2, 0) is 20.4 Å². The van der Waals surface area contributed by atoms with Gasteiger partial charge in [0.25, 0.3) is 5.91 Å². The van der Waals surface area contributed by atoms with Crippen LogP contribution in [0.2, 0.25) is 0 Å². The number of benzene rings is 3. The third-order valence-electron chi connectivity index (χ3n) is 4.58. The van der Waals surface area contributed by atoms with Gasteiger partial charge >= 0.3 is 12.1 Å². The van der Waals surface area contributed by atoms with E-state index in [1.807, 2.05) is 0 Å². The Kier molecular flexibility index (Phi) is 7.39. The third kappa shape index (κ3) is 5.92. The second kappa shape index (κ2) is 10.2. The van der Waals surface area contributed by atoms with Crippen LogP contribution >= 0.6 is 0 Å². The largest absolute Gasteiger partial charge is 0.506 e. The Morgan fingerprint density at radius 2 is 1.79 bits per heavy atom. The molecule has 0 aliphatic rings. The standard InChI is InChI=1S/C23H20F3NO6/c1-31-10-11-32-19-9-7-15(23(24,25)26)12-18(19)27-20(28)13-33-22(30)17-8-6-14-4-2-3-5-16(14)21(17)29/h2-9,12,29H,10-11,13H2,1H3,(H,27,28). The number of phenols is 1. The highest BCUT2D eigenvalue weighted by atomic mass is 19.4. The maximum atomic E-state index is 13.1. The number of hydrogen-bond donors (Lipinski definition) is 2. The van der Waals surface area contributed by atoms with E-state index in [0.29, 0.717) is 10.8 Å². The van der Waals surface area contributed by atoms with Gasteiger partial charge in [0, 0.05) is 12.5 Å². The van der Waals surface area contributed by atoms with Gasteiger partial charge in [-0.05, 0) is 29.7 Å². The number of aromatic hydroxyl groups is 1. The van der Waals surface area contributed by atoms with Crippen LogP contribution in [0.4, 0.5) is 18.9 Å². The Morgan fingerprint density at radius 1 is 1.03 bits per heavy atom. The number of anilines is 1. The summed E-state index contributed by atoms with van der Waals surface area (Å²) in [4.78, 5) is 24.6. The zero-order valence-electron chi connectivity index (χ0n) is 17.4. The topological polar surface area (TPSA) is 94.1 Å². The monoisotopic (exact) mass is 463 g/mol. The Bertz CT molecular complexity index is 1160. The predicted octanol–water partition coefficient (Wildman–Crippen LogP) is 4.38. The number of phenolic OH excluding ortho intramolecular Hbond substituents is 1. The molecule has 0 spiro atoms. The molecule has 3 aromatic rings. The Morgan fingerprint density at radius 3 is 2.52 bits per heavy atom. The average Bonchev–Trinajstić information content (AvgIpc) is 2.78. The van der Waals surface area contributed by atoms with Gasteiger partial charge in [-0.25, -0.2) is 4.79 Å². The van der Waals surface area contributed by atoms with Gasteiger partial charge in [-0.2, -0.15) is 13.2 Å². The van der Waals surface area contributed by atoms with Gasteiger partial charge in [-0.3, -0.25) is 4.79 Å². The summed E-state index contributed by atoms with van der Waals surface area (Å²) in [6, 6.07) is 12.4. The number of fused-ring (bicyclic) bond motifs is 1. The van der Waals surface area contributed by atoms with Gasteiger partial charge in [0.05, 0.1) is 17.9 Å². The minimum absolute atomic E-state index is 0.00750. The average molecular weight is 463 g/mol. The number of halogens is 3. The van der Waals surface area contributed by atoms with Crippen molar-refractivity contribution in [1.82, 2.24) is 0 Å². The second-order valence-corrected chi connectivity index (χ2v) is 6.86. The molecule has 10 heteroatoms. The lowest BCUT2D eigenvalue weighted by Gasteiger charge is -2.15. The predicted molar refractivity (Wildman–Crippen MR) is 113 cm³/mol. The van der Waals surface area contributed by atoms with Crippen LogP contribution in [0.3, 0.4) is 0 Å². The fraction of sp³-hybridized carbons (Fsp3) is 0.217. The summed E-state index contributed by atoms with van der Waals surface area (Å²) >= 11 is 0. The quantitative estimate of drug-likeness (QED) is 0.380. The van der Waals surface area contributed by atoms with Gasteiger partial charge in [-0.1, -0.05) is 30.3 Å². The van der Waals surface area contributed by atoms with Gasteiger partial charge in [0.1, 0.15) is 23.7 Å². The number of hydrogen-bond acceptors (Lipinski definition) is 6. The number of nitrogens with one attached hydrogen (secondary N) is 1. The zero-order chi connectivity index (χ0) is 24.0. The van der Waals surface area contributed by atoms with Gasteiger partial charge in [0.2, 0.25) is 0 Å². The molecule has 0 aliphatic carbocycles. The van der Waals surface area contributed by atoms with E-state index in [9.17, 15) is 27.9 Å². The zero-order valence-corrected chi connectivity index (χ0v) is 17.4. The maximum absolute atomic E-state index is 13.1. The van der Waals surface area contributed by atoms with Crippen molar-refractivity contribution in [3.63, 3.8) is 0 Å². The molecular weight excluding hydrogens is 443 g/mol. The molecule has 3 aromatic carbocycles. The molecule has 0 bridgehead atoms. The second-order valence-electron chi connectivity index (χ2n) is 6.86. The summed E-state index contributed by atoms with van der Waals surface area (Å²) in [6.45, 7) is -0.568. The Balaban J connectivity index is 1.71. The number of alkyl halides is 3. The molecule has 0 atom stereocenters. The van der Waals surface area contributed by atoms with E-state index >= 15 is 0 Å². The van der Waals surface area contributed by atoms with Crippen LogP contribution in [0.25, 0.3) is 10.8 Å². The smallest absolute Gasteiger partial charge is 0.416 e. The SMILES string of the molecule is COCCOc1ccc(C(F)(F)F)cc1NC(=O)COC(=O)c1ccc2ccccc2c1O. The van der Waals surface area contributed by atoms with Crippen molar-refractivity contribution >= 4 is 28.3 Å². The van der Waals surface area contributed by atoms with Crippen LogP contribution in [-0.4, -0.2) is 43.9 Å². The lowest BCUT2D eigenvalue weighted by atomic mass is 10.1. The van der Waals surface area contributed by atoms with Crippen LogP contribution in [0.1, 0.15) is 15.9 Å². The van der Waals surface area contributed by atoms with Crippen molar-refractivity contribution in [2.24, 2.45) is 0 Å². The number of rotatable bonds is 8. The molecule has 0 saturated heterocycles. The van der Waals surface area contributed by atoms with Crippen LogP contribution in [0, 0.1) is 0 Å². The van der Waals surface area contributed by atoms with Crippen LogP contribution in [0.5, 0.6) is 11.5 Å². The fourth-order valence-corrected chi connectivity index (χ4v) is 2.98. The molecule has 1 amide bonds. The first kappa shape index (κ1) is 23.9. The molecule has 0 aromatic heterocycles. The fourth-order valence-electron chi connectivity index (χ4n) is 2.98. The van der Waals surface area contributed by atoms with Crippen LogP contribution in [0.15, 0.2) is 54.6 Å². The summed E-state index contributed by atoms with van der Waals surface area (Å²) in [5.74, 6) is -2.16. The first-order valence-corrected chi connectivity index (χ1v) is 9.71.